The molecule has 0 fully saturated rings. The van der Waals surface area contributed by atoms with Crippen molar-refractivity contribution in [2.24, 2.45) is 0 Å². The molecule has 4 heteroatoms. The first-order chi connectivity index (χ1) is 7.33. The molecule has 76 valence electrons. The SMILES string of the molecule is C#CCNc1nc2cc(OC)ccc2s1. The number of aromatic nitrogens is 1. The molecule has 0 saturated carbocycles. The van der Waals surface area contributed by atoms with E-state index in [-0.39, 0.29) is 0 Å². The minimum atomic E-state index is 0.497. The van der Waals surface area contributed by atoms with Gasteiger partial charge in [0.2, 0.25) is 0 Å². The summed E-state index contributed by atoms with van der Waals surface area (Å²) in [5, 5.41) is 3.90. The average Bonchev–Trinajstić information content (AvgIpc) is 2.67. The van der Waals surface area contributed by atoms with Gasteiger partial charge in [0.25, 0.3) is 0 Å². The van der Waals surface area contributed by atoms with Gasteiger partial charge >= 0.3 is 0 Å². The van der Waals surface area contributed by atoms with Gasteiger partial charge in [-0.25, -0.2) is 4.98 Å². The van der Waals surface area contributed by atoms with Gasteiger partial charge in [-0.1, -0.05) is 17.3 Å². The van der Waals surface area contributed by atoms with Gasteiger partial charge in [-0.05, 0) is 12.1 Å². The van der Waals surface area contributed by atoms with Crippen LogP contribution in [0.4, 0.5) is 5.13 Å². The molecule has 0 aliphatic rings. The van der Waals surface area contributed by atoms with Crippen LogP contribution in [0.2, 0.25) is 0 Å². The molecule has 1 aromatic carbocycles. The predicted octanol–water partition coefficient (Wildman–Crippen LogP) is 2.35. The maximum atomic E-state index is 5.16. The number of nitrogens with one attached hydrogen (secondary N) is 1. The van der Waals surface area contributed by atoms with Crippen LogP contribution in [-0.4, -0.2) is 18.6 Å². The molecule has 0 saturated heterocycles. The van der Waals surface area contributed by atoms with Crippen molar-refractivity contribution in [3.63, 3.8) is 0 Å². The van der Waals surface area contributed by atoms with Crippen LogP contribution in [0, 0.1) is 12.3 Å². The van der Waals surface area contributed by atoms with Crippen molar-refractivity contribution in [1.29, 1.82) is 0 Å². The second-order valence-corrected chi connectivity index (χ2v) is 3.94. The third-order valence-electron chi connectivity index (χ3n) is 1.94. The molecule has 3 nitrogen and oxygen atoms in total. The molecule has 0 bridgehead atoms. The fourth-order valence-corrected chi connectivity index (χ4v) is 2.08. The third kappa shape index (κ3) is 2.03. The zero-order chi connectivity index (χ0) is 10.7. The molecule has 2 rings (SSSR count). The van der Waals surface area contributed by atoms with Gasteiger partial charge < -0.3 is 10.1 Å². The molecule has 0 spiro atoms. The smallest absolute Gasteiger partial charge is 0.184 e. The highest BCUT2D eigenvalue weighted by molar-refractivity contribution is 7.22. The maximum absolute atomic E-state index is 5.16. The number of hydrogen-bond donors (Lipinski definition) is 1. The largest absolute Gasteiger partial charge is 0.497 e. The van der Waals surface area contributed by atoms with E-state index in [9.17, 15) is 0 Å². The Morgan fingerprint density at radius 1 is 1.60 bits per heavy atom. The highest BCUT2D eigenvalue weighted by Crippen LogP contribution is 2.28. The molecule has 1 N–H and O–H groups in total. The van der Waals surface area contributed by atoms with E-state index in [1.807, 2.05) is 18.2 Å². The summed E-state index contributed by atoms with van der Waals surface area (Å²) >= 11 is 1.58. The minimum Gasteiger partial charge on any atom is -0.497 e. The van der Waals surface area contributed by atoms with E-state index in [4.69, 9.17) is 11.2 Å². The van der Waals surface area contributed by atoms with Crippen molar-refractivity contribution in [3.05, 3.63) is 18.2 Å². The quantitative estimate of drug-likeness (QED) is 0.803. The summed E-state index contributed by atoms with van der Waals surface area (Å²) in [6.45, 7) is 0.497. The van der Waals surface area contributed by atoms with Crippen LogP contribution in [0.3, 0.4) is 0 Å². The first-order valence-electron chi connectivity index (χ1n) is 4.45. The Bertz CT molecular complexity index is 513. The van der Waals surface area contributed by atoms with Crippen LogP contribution in [0.15, 0.2) is 18.2 Å². The van der Waals surface area contributed by atoms with E-state index < -0.39 is 0 Å². The summed E-state index contributed by atoms with van der Waals surface area (Å²) in [4.78, 5) is 4.39. The number of ether oxygens (including phenoxy) is 1. The Balaban J connectivity index is 2.34. The lowest BCUT2D eigenvalue weighted by atomic mass is 10.3. The number of nitrogens with zero attached hydrogens (tertiary/aromatic N) is 1. The number of thiazole rings is 1. The van der Waals surface area contributed by atoms with E-state index in [0.29, 0.717) is 6.54 Å². The lowest BCUT2D eigenvalue weighted by Gasteiger charge is -1.96. The summed E-state index contributed by atoms with van der Waals surface area (Å²) in [5.41, 5.74) is 0.930. The Kier molecular flexibility index (Phi) is 2.75. The Morgan fingerprint density at radius 3 is 3.20 bits per heavy atom. The van der Waals surface area contributed by atoms with E-state index in [0.717, 1.165) is 21.1 Å². The van der Waals surface area contributed by atoms with Crippen molar-refractivity contribution in [3.8, 4) is 18.1 Å². The molecular formula is C11H10N2OS. The number of anilines is 1. The Labute approximate surface area is 92.1 Å². The standard InChI is InChI=1S/C11H10N2OS/c1-3-6-12-11-13-9-7-8(14-2)4-5-10(9)15-11/h1,4-5,7H,6H2,2H3,(H,12,13). The maximum Gasteiger partial charge on any atom is 0.184 e. The predicted molar refractivity (Wildman–Crippen MR) is 63.5 cm³/mol. The van der Waals surface area contributed by atoms with Crippen LogP contribution < -0.4 is 10.1 Å². The monoisotopic (exact) mass is 218 g/mol. The topological polar surface area (TPSA) is 34.2 Å². The zero-order valence-electron chi connectivity index (χ0n) is 8.28. The molecule has 0 unspecified atom stereocenters. The van der Waals surface area contributed by atoms with Crippen molar-refractivity contribution in [2.75, 3.05) is 19.0 Å². The van der Waals surface area contributed by atoms with Gasteiger partial charge in [-0.2, -0.15) is 0 Å². The van der Waals surface area contributed by atoms with Crippen LogP contribution in [0.5, 0.6) is 5.75 Å². The summed E-state index contributed by atoms with van der Waals surface area (Å²) in [5.74, 6) is 3.33. The Morgan fingerprint density at radius 2 is 2.47 bits per heavy atom. The molecule has 15 heavy (non-hydrogen) atoms. The van der Waals surface area contributed by atoms with Gasteiger partial charge in [0.05, 0.1) is 23.9 Å². The van der Waals surface area contributed by atoms with Crippen LogP contribution in [-0.2, 0) is 0 Å². The molecule has 0 aliphatic heterocycles. The highest BCUT2D eigenvalue weighted by Gasteiger charge is 2.03. The van der Waals surface area contributed by atoms with Gasteiger partial charge in [0.1, 0.15) is 5.75 Å². The second-order valence-electron chi connectivity index (χ2n) is 2.91. The molecule has 0 atom stereocenters. The molecular weight excluding hydrogens is 208 g/mol. The number of hydrogen-bond acceptors (Lipinski definition) is 4. The first kappa shape index (κ1) is 9.81. The van der Waals surface area contributed by atoms with Crippen LogP contribution >= 0.6 is 11.3 Å². The van der Waals surface area contributed by atoms with Gasteiger partial charge in [0.15, 0.2) is 5.13 Å². The van der Waals surface area contributed by atoms with E-state index in [1.165, 1.54) is 0 Å². The summed E-state index contributed by atoms with van der Waals surface area (Å²) in [6.07, 6.45) is 5.16. The molecule has 0 radical (unpaired) electrons. The van der Waals surface area contributed by atoms with Crippen molar-refractivity contribution in [2.45, 2.75) is 0 Å². The average molecular weight is 218 g/mol. The zero-order valence-corrected chi connectivity index (χ0v) is 9.10. The number of benzene rings is 1. The fraction of sp³-hybridized carbons (Fsp3) is 0.182. The number of rotatable bonds is 3. The number of terminal acetylenes is 1. The van der Waals surface area contributed by atoms with Crippen molar-refractivity contribution < 1.29 is 4.74 Å². The molecule has 1 aromatic heterocycles. The van der Waals surface area contributed by atoms with E-state index in [2.05, 4.69) is 16.2 Å². The van der Waals surface area contributed by atoms with Gasteiger partial charge in [-0.15, -0.1) is 6.42 Å². The van der Waals surface area contributed by atoms with E-state index in [1.54, 1.807) is 18.4 Å². The lowest BCUT2D eigenvalue weighted by molar-refractivity contribution is 0.415. The molecule has 0 amide bonds. The molecule has 2 aromatic rings. The van der Waals surface area contributed by atoms with E-state index >= 15 is 0 Å². The molecule has 1 heterocycles. The fourth-order valence-electron chi connectivity index (χ4n) is 1.24. The van der Waals surface area contributed by atoms with Crippen molar-refractivity contribution >= 4 is 26.7 Å². The highest BCUT2D eigenvalue weighted by atomic mass is 32.1. The summed E-state index contributed by atoms with van der Waals surface area (Å²) in [7, 11) is 1.64. The lowest BCUT2D eigenvalue weighted by Crippen LogP contribution is -1.96. The second kappa shape index (κ2) is 4.20. The molecule has 0 aliphatic carbocycles. The number of fused-ring (bicyclic) bond motifs is 1. The first-order valence-corrected chi connectivity index (χ1v) is 5.27. The third-order valence-corrected chi connectivity index (χ3v) is 2.93. The minimum absolute atomic E-state index is 0.497. The normalized spacial score (nSPS) is 9.87. The Hall–Kier alpha value is -1.73. The van der Waals surface area contributed by atoms with Crippen LogP contribution in [0.1, 0.15) is 0 Å². The summed E-state index contributed by atoms with van der Waals surface area (Å²) in [6, 6.07) is 5.82. The van der Waals surface area contributed by atoms with Gasteiger partial charge in [0, 0.05) is 6.07 Å². The van der Waals surface area contributed by atoms with Crippen LogP contribution in [0.25, 0.3) is 10.2 Å². The number of methoxy groups -OCH3 is 1. The van der Waals surface area contributed by atoms with Gasteiger partial charge in [-0.3, -0.25) is 0 Å². The summed E-state index contributed by atoms with van der Waals surface area (Å²) < 4.78 is 6.25. The van der Waals surface area contributed by atoms with Crippen molar-refractivity contribution in [1.82, 2.24) is 4.98 Å².